The molecule has 9 aromatic carbocycles. The van der Waals surface area contributed by atoms with Crippen LogP contribution in [0, 0.1) is 0 Å². The van der Waals surface area contributed by atoms with Crippen molar-refractivity contribution in [1.82, 2.24) is 0 Å². The van der Waals surface area contributed by atoms with E-state index in [-0.39, 0.29) is 5.69 Å². The Labute approximate surface area is 333 Å². The average molecular weight is 703 g/mol. The van der Waals surface area contributed by atoms with Gasteiger partial charge in [-0.3, -0.25) is 0 Å². The van der Waals surface area contributed by atoms with Crippen LogP contribution < -0.4 is 4.90 Å². The maximum atomic E-state index is 9.59. The van der Waals surface area contributed by atoms with Gasteiger partial charge < -0.3 is 9.32 Å². The van der Waals surface area contributed by atoms with E-state index >= 15 is 0 Å². The first-order valence-corrected chi connectivity index (χ1v) is 17.4. The van der Waals surface area contributed by atoms with Crippen molar-refractivity contribution < 1.29 is 22.2 Å². The molecule has 0 bridgehead atoms. The zero-order valence-electron chi connectivity index (χ0n) is 41.6. The highest BCUT2D eigenvalue weighted by molar-refractivity contribution is 6.19. The largest absolute Gasteiger partial charge is 0.455 e. The molecule has 0 saturated carbocycles. The van der Waals surface area contributed by atoms with E-state index in [1.165, 1.54) is 0 Å². The quantitative estimate of drug-likeness (QED) is 0.164. The third-order valence-electron chi connectivity index (χ3n) is 9.51. The van der Waals surface area contributed by atoms with E-state index < -0.39 is 101 Å². The molecule has 2 heteroatoms. The number of rotatable bonds is 7. The molecule has 1 heterocycles. The molecule has 54 heavy (non-hydrogen) atoms. The monoisotopic (exact) mass is 702 g/mol. The predicted octanol–water partition coefficient (Wildman–Crippen LogP) is 14.9. The summed E-state index contributed by atoms with van der Waals surface area (Å²) < 4.78 is 122. The number of nitrogens with zero attached hydrogens (tertiary/aromatic N) is 1. The molecular formula is C52H35NO. The molecule has 0 amide bonds. The van der Waals surface area contributed by atoms with Crippen molar-refractivity contribution in [2.75, 3.05) is 4.90 Å². The number of furan rings is 1. The van der Waals surface area contributed by atoms with Gasteiger partial charge in [-0.2, -0.15) is 0 Å². The molecule has 0 aliphatic rings. The zero-order valence-corrected chi connectivity index (χ0v) is 28.6. The van der Waals surface area contributed by atoms with Crippen LogP contribution in [-0.4, -0.2) is 0 Å². The lowest BCUT2D eigenvalue weighted by atomic mass is 9.97. The van der Waals surface area contributed by atoms with Gasteiger partial charge in [-0.1, -0.05) is 170 Å². The van der Waals surface area contributed by atoms with Crippen LogP contribution in [0.25, 0.3) is 77.2 Å². The molecule has 2 nitrogen and oxygen atoms in total. The van der Waals surface area contributed by atoms with Gasteiger partial charge in [-0.15, -0.1) is 0 Å². The van der Waals surface area contributed by atoms with E-state index in [4.69, 9.17) is 16.8 Å². The SMILES string of the molecule is [2H]c1c([2H])c([2H])c(-c2c([2H])c([2H])c(-c3c([2H])c([2H])c(N(c4ccc(-c5cccc6oc7c8ccccc8ccc7c56)cc4)c4ccccc4-c4ccccc4)c([2H])c3[2H])c([2H])c2[2H])c([2H])c1[2H]. The van der Waals surface area contributed by atoms with Crippen LogP contribution in [0.5, 0.6) is 0 Å². The number of para-hydroxylation sites is 1. The summed E-state index contributed by atoms with van der Waals surface area (Å²) in [6.07, 6.45) is 0. The van der Waals surface area contributed by atoms with Crippen LogP contribution in [0.3, 0.4) is 0 Å². The van der Waals surface area contributed by atoms with Crippen molar-refractivity contribution >= 4 is 49.8 Å². The molecule has 0 atom stereocenters. The van der Waals surface area contributed by atoms with Gasteiger partial charge in [-0.25, -0.2) is 0 Å². The lowest BCUT2D eigenvalue weighted by Crippen LogP contribution is -2.11. The number of anilines is 3. The van der Waals surface area contributed by atoms with Gasteiger partial charge >= 0.3 is 0 Å². The molecule has 0 aliphatic heterocycles. The third-order valence-corrected chi connectivity index (χ3v) is 9.51. The Morgan fingerprint density at radius 2 is 1.00 bits per heavy atom. The van der Waals surface area contributed by atoms with Crippen LogP contribution in [0.15, 0.2) is 216 Å². The summed E-state index contributed by atoms with van der Waals surface area (Å²) in [6.45, 7) is 0. The Morgan fingerprint density at radius 1 is 0.389 bits per heavy atom. The van der Waals surface area contributed by atoms with Gasteiger partial charge in [0.05, 0.1) is 23.5 Å². The summed E-state index contributed by atoms with van der Waals surface area (Å²) in [4.78, 5) is 1.65. The van der Waals surface area contributed by atoms with Crippen LogP contribution in [-0.2, 0) is 0 Å². The number of fused-ring (bicyclic) bond motifs is 5. The third kappa shape index (κ3) is 5.62. The predicted molar refractivity (Wildman–Crippen MR) is 228 cm³/mol. The minimum atomic E-state index is -0.776. The van der Waals surface area contributed by atoms with Gasteiger partial charge in [0.1, 0.15) is 11.2 Å². The number of hydrogen-bond donors (Lipinski definition) is 0. The molecule has 0 N–H and O–H groups in total. The molecule has 0 fully saturated rings. The van der Waals surface area contributed by atoms with Gasteiger partial charge in [0, 0.05) is 33.1 Å². The van der Waals surface area contributed by atoms with Crippen LogP contribution in [0.4, 0.5) is 17.1 Å². The Kier molecular flexibility index (Phi) is 5.17. The van der Waals surface area contributed by atoms with Crippen LogP contribution in [0.2, 0.25) is 0 Å². The summed E-state index contributed by atoms with van der Waals surface area (Å²) in [5.74, 6) is 0. The Morgan fingerprint density at radius 3 is 1.76 bits per heavy atom. The Hall–Kier alpha value is -7.16. The minimum absolute atomic E-state index is 0.143. The van der Waals surface area contributed by atoms with E-state index in [1.807, 2.05) is 121 Å². The Balaban J connectivity index is 1.17. The van der Waals surface area contributed by atoms with E-state index in [1.54, 1.807) is 4.90 Å². The molecule has 0 saturated heterocycles. The summed E-state index contributed by atoms with van der Waals surface area (Å²) in [7, 11) is 0. The van der Waals surface area contributed by atoms with E-state index in [9.17, 15) is 5.48 Å². The van der Waals surface area contributed by atoms with Crippen molar-refractivity contribution in [2.24, 2.45) is 0 Å². The van der Waals surface area contributed by atoms with Crippen molar-refractivity contribution in [1.29, 1.82) is 0 Å². The normalized spacial score (nSPS) is 14.7. The lowest BCUT2D eigenvalue weighted by molar-refractivity contribution is 0.673. The maximum absolute atomic E-state index is 9.59. The van der Waals surface area contributed by atoms with Crippen molar-refractivity contribution in [3.05, 3.63) is 212 Å². The van der Waals surface area contributed by atoms with Gasteiger partial charge in [-0.05, 0) is 86.7 Å². The van der Waals surface area contributed by atoms with E-state index in [0.717, 1.165) is 55.0 Å². The molecule has 254 valence electrons. The number of benzene rings is 9. The van der Waals surface area contributed by atoms with Crippen molar-refractivity contribution in [3.8, 4) is 44.5 Å². The summed E-state index contributed by atoms with van der Waals surface area (Å²) in [6, 6.07) is 33.5. The van der Waals surface area contributed by atoms with E-state index in [0.29, 0.717) is 11.4 Å². The molecule has 0 aliphatic carbocycles. The second-order valence-electron chi connectivity index (χ2n) is 12.7. The fourth-order valence-electron chi connectivity index (χ4n) is 6.98. The fraction of sp³-hybridized carbons (Fsp3) is 0. The lowest BCUT2D eigenvalue weighted by Gasteiger charge is -2.28. The second-order valence-corrected chi connectivity index (χ2v) is 12.7. The first kappa shape index (κ1) is 20.8. The molecular weight excluding hydrogens is 655 g/mol. The van der Waals surface area contributed by atoms with Crippen molar-refractivity contribution in [2.45, 2.75) is 0 Å². The van der Waals surface area contributed by atoms with Gasteiger partial charge in [0.15, 0.2) is 0 Å². The maximum Gasteiger partial charge on any atom is 0.143 e. The van der Waals surface area contributed by atoms with Gasteiger partial charge in [0.2, 0.25) is 0 Å². The molecule has 0 unspecified atom stereocenters. The minimum Gasteiger partial charge on any atom is -0.455 e. The standard InChI is InChI=1S/C52H35NO/c1-3-12-36(13-4-1)37-22-24-38(25-23-37)39-26-31-43(32-27-39)53(49-20-10-9-17-45(49)40-14-5-2-6-15-40)44-33-28-42(29-34-44)46-19-11-21-50-51(46)48-35-30-41-16-7-8-18-47(41)52(48)54-50/h1-35H/i1D,3D,4D,12D,13D,22D,23D,24D,25D,26D,27D,31D,32D. The van der Waals surface area contributed by atoms with Crippen LogP contribution in [0.1, 0.15) is 17.8 Å². The smallest absolute Gasteiger partial charge is 0.143 e. The second kappa shape index (κ2) is 13.4. The highest BCUT2D eigenvalue weighted by Gasteiger charge is 2.19. The highest BCUT2D eigenvalue weighted by atomic mass is 16.3. The fourth-order valence-corrected chi connectivity index (χ4v) is 6.98. The summed E-state index contributed by atoms with van der Waals surface area (Å²) in [5, 5.41) is 3.96. The Bertz CT molecular complexity index is 3600. The average Bonchev–Trinajstić information content (AvgIpc) is 3.75. The zero-order chi connectivity index (χ0) is 47.2. The first-order chi connectivity index (χ1) is 32.2. The summed E-state index contributed by atoms with van der Waals surface area (Å²) in [5.41, 5.74) is 3.56. The molecule has 0 spiro atoms. The topological polar surface area (TPSA) is 16.4 Å². The molecule has 10 rings (SSSR count). The molecule has 10 aromatic rings. The van der Waals surface area contributed by atoms with Gasteiger partial charge in [0.25, 0.3) is 0 Å². The molecule has 1 aromatic heterocycles. The summed E-state index contributed by atoms with van der Waals surface area (Å²) >= 11 is 0. The van der Waals surface area contributed by atoms with E-state index in [2.05, 4.69) is 12.1 Å². The number of hydrogen-bond acceptors (Lipinski definition) is 2. The highest BCUT2D eigenvalue weighted by Crippen LogP contribution is 2.43. The van der Waals surface area contributed by atoms with Crippen molar-refractivity contribution in [3.63, 3.8) is 0 Å². The first-order valence-electron chi connectivity index (χ1n) is 23.9. The molecule has 0 radical (unpaired) electrons. The van der Waals surface area contributed by atoms with Crippen LogP contribution >= 0.6 is 0 Å².